The third-order valence-electron chi connectivity index (χ3n) is 3.15. The van der Waals surface area contributed by atoms with Crippen LogP contribution in [-0.4, -0.2) is 11.5 Å². The second kappa shape index (κ2) is 6.26. The molecule has 0 saturated carbocycles. The fourth-order valence-corrected chi connectivity index (χ4v) is 2.69. The molecule has 2 nitrogen and oxygen atoms in total. The van der Waals surface area contributed by atoms with Crippen LogP contribution in [0.3, 0.4) is 0 Å². The Kier molecular flexibility index (Phi) is 4.66. The van der Waals surface area contributed by atoms with Crippen molar-refractivity contribution >= 4 is 11.3 Å². The Labute approximate surface area is 117 Å². The molecule has 0 fully saturated rings. The molecule has 19 heavy (non-hydrogen) atoms. The summed E-state index contributed by atoms with van der Waals surface area (Å²) in [6.45, 7) is 6.69. The second-order valence-corrected chi connectivity index (χ2v) is 5.76. The minimum atomic E-state index is -0.137. The zero-order valence-electron chi connectivity index (χ0n) is 11.5. The van der Waals surface area contributed by atoms with Crippen molar-refractivity contribution in [2.45, 2.75) is 33.2 Å². The van der Waals surface area contributed by atoms with Crippen LogP contribution in [0.15, 0.2) is 23.6 Å². The fraction of sp³-hybridized carbons (Fsp3) is 0.400. The minimum Gasteiger partial charge on any atom is -0.310 e. The zero-order chi connectivity index (χ0) is 13.8. The number of aromatic nitrogens is 1. The molecular weight excluding hydrogens is 259 g/mol. The van der Waals surface area contributed by atoms with Gasteiger partial charge < -0.3 is 5.32 Å². The maximum absolute atomic E-state index is 13.5. The van der Waals surface area contributed by atoms with E-state index < -0.39 is 0 Å². The summed E-state index contributed by atoms with van der Waals surface area (Å²) >= 11 is 1.69. The number of benzene rings is 1. The summed E-state index contributed by atoms with van der Waals surface area (Å²) in [5.41, 5.74) is 2.75. The van der Waals surface area contributed by atoms with E-state index in [1.807, 2.05) is 19.1 Å². The molecule has 0 aliphatic heterocycles. The minimum absolute atomic E-state index is 0.137. The lowest BCUT2D eigenvalue weighted by molar-refractivity contribution is 0.564. The number of rotatable bonds is 5. The molecule has 2 aromatic rings. The highest BCUT2D eigenvalue weighted by molar-refractivity contribution is 7.09. The van der Waals surface area contributed by atoms with Gasteiger partial charge in [0.25, 0.3) is 0 Å². The SMILES string of the molecule is Cc1csc(CCNC(C)c2ccc(C)c(F)c2)n1. The number of halogens is 1. The summed E-state index contributed by atoms with van der Waals surface area (Å²) < 4.78 is 13.5. The second-order valence-electron chi connectivity index (χ2n) is 4.82. The van der Waals surface area contributed by atoms with Gasteiger partial charge in [-0.3, -0.25) is 0 Å². The largest absolute Gasteiger partial charge is 0.310 e. The highest BCUT2D eigenvalue weighted by Gasteiger charge is 2.07. The molecule has 4 heteroatoms. The third kappa shape index (κ3) is 3.85. The molecule has 0 spiro atoms. The average Bonchev–Trinajstić information content (AvgIpc) is 2.78. The first-order chi connectivity index (χ1) is 9.06. The van der Waals surface area contributed by atoms with Crippen LogP contribution in [0.4, 0.5) is 4.39 Å². The van der Waals surface area contributed by atoms with E-state index in [2.05, 4.69) is 22.6 Å². The van der Waals surface area contributed by atoms with E-state index in [9.17, 15) is 4.39 Å². The van der Waals surface area contributed by atoms with Crippen molar-refractivity contribution in [2.24, 2.45) is 0 Å². The predicted octanol–water partition coefficient (Wildman–Crippen LogP) is 3.79. The molecule has 1 atom stereocenters. The van der Waals surface area contributed by atoms with Crippen molar-refractivity contribution in [2.75, 3.05) is 6.54 Å². The van der Waals surface area contributed by atoms with Crippen LogP contribution in [0, 0.1) is 19.7 Å². The topological polar surface area (TPSA) is 24.9 Å². The fourth-order valence-electron chi connectivity index (χ4n) is 1.91. The van der Waals surface area contributed by atoms with E-state index >= 15 is 0 Å². The number of thiazole rings is 1. The summed E-state index contributed by atoms with van der Waals surface area (Å²) in [5.74, 6) is -0.137. The van der Waals surface area contributed by atoms with Crippen molar-refractivity contribution in [1.29, 1.82) is 0 Å². The van der Waals surface area contributed by atoms with Gasteiger partial charge in [0.15, 0.2) is 0 Å². The first kappa shape index (κ1) is 14.2. The molecule has 102 valence electrons. The van der Waals surface area contributed by atoms with Crippen molar-refractivity contribution < 1.29 is 4.39 Å². The van der Waals surface area contributed by atoms with Crippen LogP contribution in [0.2, 0.25) is 0 Å². The van der Waals surface area contributed by atoms with Gasteiger partial charge in [0.1, 0.15) is 5.82 Å². The van der Waals surface area contributed by atoms with E-state index in [-0.39, 0.29) is 11.9 Å². The lowest BCUT2D eigenvalue weighted by Gasteiger charge is -2.14. The van der Waals surface area contributed by atoms with Gasteiger partial charge in [0, 0.05) is 30.1 Å². The average molecular weight is 278 g/mol. The first-order valence-electron chi connectivity index (χ1n) is 6.46. The van der Waals surface area contributed by atoms with E-state index in [1.165, 1.54) is 0 Å². The number of nitrogens with zero attached hydrogens (tertiary/aromatic N) is 1. The Hall–Kier alpha value is -1.26. The van der Waals surface area contributed by atoms with E-state index in [0.717, 1.165) is 29.2 Å². The molecule has 1 heterocycles. The molecule has 1 aromatic heterocycles. The van der Waals surface area contributed by atoms with Gasteiger partial charge in [-0.05, 0) is 38.0 Å². The Balaban J connectivity index is 1.86. The van der Waals surface area contributed by atoms with Crippen LogP contribution in [0.5, 0.6) is 0 Å². The van der Waals surface area contributed by atoms with Gasteiger partial charge in [-0.25, -0.2) is 9.37 Å². The molecule has 0 saturated heterocycles. The number of hydrogen-bond acceptors (Lipinski definition) is 3. The molecular formula is C15H19FN2S. The molecule has 0 aliphatic carbocycles. The highest BCUT2D eigenvalue weighted by Crippen LogP contribution is 2.16. The van der Waals surface area contributed by atoms with Gasteiger partial charge in [-0.2, -0.15) is 0 Å². The van der Waals surface area contributed by atoms with Gasteiger partial charge in [-0.1, -0.05) is 12.1 Å². The first-order valence-corrected chi connectivity index (χ1v) is 7.34. The Bertz CT molecular complexity index is 551. The van der Waals surface area contributed by atoms with Crippen LogP contribution < -0.4 is 5.32 Å². The quantitative estimate of drug-likeness (QED) is 0.900. The molecule has 2 rings (SSSR count). The van der Waals surface area contributed by atoms with Crippen LogP contribution in [-0.2, 0) is 6.42 Å². The lowest BCUT2D eigenvalue weighted by atomic mass is 10.1. The number of aryl methyl sites for hydroxylation is 2. The van der Waals surface area contributed by atoms with Crippen molar-refractivity contribution in [3.63, 3.8) is 0 Å². The van der Waals surface area contributed by atoms with Gasteiger partial charge in [0.2, 0.25) is 0 Å². The monoisotopic (exact) mass is 278 g/mol. The molecule has 1 N–H and O–H groups in total. The summed E-state index contributed by atoms with van der Waals surface area (Å²) in [4.78, 5) is 4.42. The standard InChI is InChI=1S/C15H19FN2S/c1-10-4-5-13(8-14(10)16)12(3)17-7-6-15-18-11(2)9-19-15/h4-5,8-9,12,17H,6-7H2,1-3H3. The molecule has 0 bridgehead atoms. The third-order valence-corrected chi connectivity index (χ3v) is 4.18. The Morgan fingerprint density at radius 2 is 2.16 bits per heavy atom. The summed E-state index contributed by atoms with van der Waals surface area (Å²) in [6, 6.07) is 5.56. The smallest absolute Gasteiger partial charge is 0.126 e. The maximum Gasteiger partial charge on any atom is 0.126 e. The lowest BCUT2D eigenvalue weighted by Crippen LogP contribution is -2.21. The Morgan fingerprint density at radius 1 is 1.37 bits per heavy atom. The normalized spacial score (nSPS) is 12.6. The maximum atomic E-state index is 13.5. The summed E-state index contributed by atoms with van der Waals surface area (Å²) in [5, 5.41) is 6.61. The van der Waals surface area contributed by atoms with Crippen molar-refractivity contribution in [1.82, 2.24) is 10.3 Å². The number of hydrogen-bond donors (Lipinski definition) is 1. The molecule has 0 radical (unpaired) electrons. The van der Waals surface area contributed by atoms with Crippen LogP contribution in [0.1, 0.15) is 34.8 Å². The Morgan fingerprint density at radius 3 is 2.79 bits per heavy atom. The van der Waals surface area contributed by atoms with Crippen molar-refractivity contribution in [3.8, 4) is 0 Å². The molecule has 1 aromatic carbocycles. The predicted molar refractivity (Wildman–Crippen MR) is 78.1 cm³/mol. The molecule has 0 amide bonds. The molecule has 1 unspecified atom stereocenters. The van der Waals surface area contributed by atoms with Crippen LogP contribution >= 0.6 is 11.3 Å². The van der Waals surface area contributed by atoms with E-state index in [0.29, 0.717) is 5.56 Å². The van der Waals surface area contributed by atoms with E-state index in [4.69, 9.17) is 0 Å². The zero-order valence-corrected chi connectivity index (χ0v) is 12.4. The van der Waals surface area contributed by atoms with Crippen LogP contribution in [0.25, 0.3) is 0 Å². The number of nitrogens with one attached hydrogen (secondary N) is 1. The highest BCUT2D eigenvalue weighted by atomic mass is 32.1. The van der Waals surface area contributed by atoms with Gasteiger partial charge >= 0.3 is 0 Å². The van der Waals surface area contributed by atoms with Crippen molar-refractivity contribution in [3.05, 3.63) is 51.2 Å². The van der Waals surface area contributed by atoms with Gasteiger partial charge in [0.05, 0.1) is 5.01 Å². The summed E-state index contributed by atoms with van der Waals surface area (Å²) in [6.07, 6.45) is 0.914. The van der Waals surface area contributed by atoms with E-state index in [1.54, 1.807) is 24.3 Å². The summed E-state index contributed by atoms with van der Waals surface area (Å²) in [7, 11) is 0. The van der Waals surface area contributed by atoms with Gasteiger partial charge in [-0.15, -0.1) is 11.3 Å². The molecule has 0 aliphatic rings.